The molecule has 0 aliphatic carbocycles. The van der Waals surface area contributed by atoms with Crippen LogP contribution in [0.4, 0.5) is 26.3 Å². The Hall–Kier alpha value is -2.36. The highest BCUT2D eigenvalue weighted by Crippen LogP contribution is 2.44. The maximum Gasteiger partial charge on any atom is 0.446 e. The fourth-order valence-corrected chi connectivity index (χ4v) is 4.65. The van der Waals surface area contributed by atoms with E-state index in [4.69, 9.17) is 23.2 Å². The van der Waals surface area contributed by atoms with Crippen molar-refractivity contribution in [1.29, 1.82) is 0 Å². The number of aromatic amines is 1. The molecule has 1 aromatic heterocycles. The van der Waals surface area contributed by atoms with E-state index in [0.717, 1.165) is 6.07 Å². The van der Waals surface area contributed by atoms with Gasteiger partial charge in [-0.2, -0.15) is 26.3 Å². The Balaban J connectivity index is 1.70. The van der Waals surface area contributed by atoms with Crippen molar-refractivity contribution in [2.75, 3.05) is 0 Å². The zero-order valence-electron chi connectivity index (χ0n) is 16.3. The number of H-pyrrole nitrogens is 1. The maximum absolute atomic E-state index is 13.5. The third-order valence-electron chi connectivity index (χ3n) is 4.75. The first-order valence-corrected chi connectivity index (χ1v) is 10.9. The number of hydrogen-bond acceptors (Lipinski definition) is 2. The number of aromatic nitrogens is 2. The van der Waals surface area contributed by atoms with E-state index in [1.807, 2.05) is 0 Å². The Morgan fingerprint density at radius 1 is 0.909 bits per heavy atom. The SMILES string of the molecule is FC(F)(F)Sc1ccc(Cc2nc3c(Cl)c(-c4ccccc4C(F)(F)F)c(Cl)cc3[nH]2)cc1. The molecule has 4 aromatic rings. The van der Waals surface area contributed by atoms with Crippen LogP contribution in [0.1, 0.15) is 17.0 Å². The monoisotopic (exact) mass is 520 g/mol. The molecule has 0 radical (unpaired) electrons. The number of imidazole rings is 1. The van der Waals surface area contributed by atoms with Gasteiger partial charge in [-0.15, -0.1) is 0 Å². The van der Waals surface area contributed by atoms with Gasteiger partial charge in [0.05, 0.1) is 21.1 Å². The van der Waals surface area contributed by atoms with Crippen LogP contribution in [0.5, 0.6) is 0 Å². The predicted molar refractivity (Wildman–Crippen MR) is 118 cm³/mol. The molecule has 0 atom stereocenters. The first-order valence-electron chi connectivity index (χ1n) is 9.30. The summed E-state index contributed by atoms with van der Waals surface area (Å²) in [6.45, 7) is 0. The van der Waals surface area contributed by atoms with Crippen LogP contribution in [0.3, 0.4) is 0 Å². The summed E-state index contributed by atoms with van der Waals surface area (Å²) in [5.41, 5.74) is -4.04. The number of fused-ring (bicyclic) bond motifs is 1. The predicted octanol–water partition coefficient (Wildman–Crippen LogP) is 8.76. The third-order valence-corrected chi connectivity index (χ3v) is 6.15. The van der Waals surface area contributed by atoms with Gasteiger partial charge in [0.2, 0.25) is 0 Å². The molecular formula is C22H12Cl2F6N2S. The molecule has 172 valence electrons. The van der Waals surface area contributed by atoms with E-state index < -0.39 is 17.2 Å². The number of thioether (sulfide) groups is 1. The van der Waals surface area contributed by atoms with Crippen molar-refractivity contribution in [2.45, 2.75) is 23.0 Å². The molecule has 3 aromatic carbocycles. The van der Waals surface area contributed by atoms with Crippen molar-refractivity contribution in [2.24, 2.45) is 0 Å². The Kier molecular flexibility index (Phi) is 6.32. The summed E-state index contributed by atoms with van der Waals surface area (Å²) in [7, 11) is 0. The van der Waals surface area contributed by atoms with E-state index in [-0.39, 0.29) is 49.8 Å². The molecule has 0 saturated carbocycles. The number of rotatable bonds is 4. The lowest BCUT2D eigenvalue weighted by atomic mass is 9.98. The minimum atomic E-state index is -4.61. The standard InChI is InChI=1S/C22H12Cl2F6N2S/c23-15-10-16-20(19(24)18(15)13-3-1-2-4-14(13)21(25,26)27)32-17(31-16)9-11-5-7-12(8-6-11)33-22(28,29)30/h1-8,10H,9H2,(H,31,32). The molecule has 0 bridgehead atoms. The highest BCUT2D eigenvalue weighted by molar-refractivity contribution is 8.00. The number of nitrogens with zero attached hydrogens (tertiary/aromatic N) is 1. The molecule has 11 heteroatoms. The van der Waals surface area contributed by atoms with Crippen LogP contribution in [-0.2, 0) is 12.6 Å². The van der Waals surface area contributed by atoms with Gasteiger partial charge < -0.3 is 4.98 Å². The minimum absolute atomic E-state index is 0.0188. The third kappa shape index (κ3) is 5.26. The van der Waals surface area contributed by atoms with Gasteiger partial charge in [-0.05, 0) is 47.2 Å². The average Bonchev–Trinajstić information content (AvgIpc) is 3.10. The summed E-state index contributed by atoms with van der Waals surface area (Å²) in [5.74, 6) is 0.431. The maximum atomic E-state index is 13.5. The topological polar surface area (TPSA) is 28.7 Å². The smallest absolute Gasteiger partial charge is 0.342 e. The van der Waals surface area contributed by atoms with Crippen LogP contribution in [0.25, 0.3) is 22.2 Å². The molecule has 33 heavy (non-hydrogen) atoms. The first-order chi connectivity index (χ1) is 15.4. The van der Waals surface area contributed by atoms with Crippen LogP contribution in [0.15, 0.2) is 59.5 Å². The Labute approximate surface area is 197 Å². The second kappa shape index (κ2) is 8.77. The van der Waals surface area contributed by atoms with Crippen molar-refractivity contribution in [1.82, 2.24) is 9.97 Å². The molecule has 0 aliphatic heterocycles. The molecule has 0 amide bonds. The van der Waals surface area contributed by atoms with E-state index in [2.05, 4.69) is 9.97 Å². The molecule has 0 spiro atoms. The second-order valence-electron chi connectivity index (χ2n) is 7.04. The number of nitrogens with one attached hydrogen (secondary N) is 1. The molecule has 0 saturated heterocycles. The first kappa shape index (κ1) is 23.8. The van der Waals surface area contributed by atoms with E-state index >= 15 is 0 Å². The highest BCUT2D eigenvalue weighted by atomic mass is 35.5. The molecule has 0 aliphatic rings. The molecule has 1 heterocycles. The van der Waals surface area contributed by atoms with Crippen molar-refractivity contribution >= 4 is 46.0 Å². The molecular weight excluding hydrogens is 509 g/mol. The molecule has 1 N–H and O–H groups in total. The van der Waals surface area contributed by atoms with Crippen LogP contribution in [-0.4, -0.2) is 15.5 Å². The number of benzene rings is 3. The normalized spacial score (nSPS) is 12.5. The Morgan fingerprint density at radius 2 is 1.58 bits per heavy atom. The van der Waals surface area contributed by atoms with Crippen LogP contribution in [0.2, 0.25) is 10.0 Å². The summed E-state index contributed by atoms with van der Waals surface area (Å²) in [5, 5.41) is -0.0125. The number of alkyl halides is 6. The number of hydrogen-bond donors (Lipinski definition) is 1. The van der Waals surface area contributed by atoms with Gasteiger partial charge in [0, 0.05) is 16.9 Å². The lowest BCUT2D eigenvalue weighted by Crippen LogP contribution is -2.07. The fourth-order valence-electron chi connectivity index (χ4n) is 3.41. The van der Waals surface area contributed by atoms with E-state index in [1.165, 1.54) is 36.4 Å². The molecule has 0 fully saturated rings. The summed E-state index contributed by atoms with van der Waals surface area (Å²) < 4.78 is 78.0. The van der Waals surface area contributed by atoms with Gasteiger partial charge in [0.1, 0.15) is 11.3 Å². The van der Waals surface area contributed by atoms with Gasteiger partial charge in [-0.1, -0.05) is 53.5 Å². The number of halogens is 8. The summed E-state index contributed by atoms with van der Waals surface area (Å²) in [6.07, 6.45) is -4.36. The Bertz CT molecular complexity index is 1310. The zero-order chi connectivity index (χ0) is 24.0. The van der Waals surface area contributed by atoms with Crippen LogP contribution >= 0.6 is 35.0 Å². The molecule has 0 unspecified atom stereocenters. The zero-order valence-corrected chi connectivity index (χ0v) is 18.6. The quantitative estimate of drug-likeness (QED) is 0.215. The van der Waals surface area contributed by atoms with Crippen molar-refractivity contribution in [3.8, 4) is 11.1 Å². The van der Waals surface area contributed by atoms with E-state index in [9.17, 15) is 26.3 Å². The van der Waals surface area contributed by atoms with Crippen LogP contribution in [0, 0.1) is 0 Å². The average molecular weight is 521 g/mol. The fraction of sp³-hybridized carbons (Fsp3) is 0.136. The summed E-state index contributed by atoms with van der Waals surface area (Å²) in [6, 6.07) is 12.2. The largest absolute Gasteiger partial charge is 0.446 e. The molecule has 4 rings (SSSR count). The van der Waals surface area contributed by atoms with Gasteiger partial charge in [-0.3, -0.25) is 0 Å². The van der Waals surface area contributed by atoms with Gasteiger partial charge in [0.25, 0.3) is 0 Å². The highest BCUT2D eigenvalue weighted by Gasteiger charge is 2.34. The Morgan fingerprint density at radius 3 is 2.21 bits per heavy atom. The van der Waals surface area contributed by atoms with Crippen LogP contribution < -0.4 is 0 Å². The van der Waals surface area contributed by atoms with Gasteiger partial charge >= 0.3 is 11.7 Å². The van der Waals surface area contributed by atoms with E-state index in [0.29, 0.717) is 16.9 Å². The lowest BCUT2D eigenvalue weighted by Gasteiger charge is -2.15. The van der Waals surface area contributed by atoms with E-state index in [1.54, 1.807) is 12.1 Å². The van der Waals surface area contributed by atoms with Crippen molar-refractivity contribution in [3.05, 3.63) is 81.6 Å². The lowest BCUT2D eigenvalue weighted by molar-refractivity contribution is -0.137. The second-order valence-corrected chi connectivity index (χ2v) is 8.96. The van der Waals surface area contributed by atoms with Crippen molar-refractivity contribution < 1.29 is 26.3 Å². The van der Waals surface area contributed by atoms with Gasteiger partial charge in [-0.25, -0.2) is 4.98 Å². The minimum Gasteiger partial charge on any atom is -0.342 e. The molecule has 2 nitrogen and oxygen atoms in total. The van der Waals surface area contributed by atoms with Gasteiger partial charge in [0.15, 0.2) is 0 Å². The van der Waals surface area contributed by atoms with Crippen molar-refractivity contribution in [3.63, 3.8) is 0 Å². The summed E-state index contributed by atoms with van der Waals surface area (Å²) in [4.78, 5) is 7.46. The summed E-state index contributed by atoms with van der Waals surface area (Å²) >= 11 is 12.6.